The normalized spacial score (nSPS) is 11.9. The third-order valence-corrected chi connectivity index (χ3v) is 3.03. The lowest BCUT2D eigenvalue weighted by molar-refractivity contribution is 0.0939. The Kier molecular flexibility index (Phi) is 5.24. The number of carbonyl (C=O) groups is 1. The zero-order chi connectivity index (χ0) is 14.4. The topological polar surface area (TPSA) is 51.5 Å². The van der Waals surface area contributed by atoms with Crippen molar-refractivity contribution in [2.45, 2.75) is 19.4 Å². The molecule has 1 atom stereocenters. The first-order chi connectivity index (χ1) is 9.69. The summed E-state index contributed by atoms with van der Waals surface area (Å²) in [4.78, 5) is 12.1. The van der Waals surface area contributed by atoms with Crippen LogP contribution in [0.15, 0.2) is 47.1 Å². The van der Waals surface area contributed by atoms with Gasteiger partial charge in [0.15, 0.2) is 0 Å². The van der Waals surface area contributed by atoms with E-state index in [9.17, 15) is 4.79 Å². The van der Waals surface area contributed by atoms with Crippen LogP contribution in [0.4, 0.5) is 0 Å². The summed E-state index contributed by atoms with van der Waals surface area (Å²) in [5, 5.41) is 2.94. The zero-order valence-corrected chi connectivity index (χ0v) is 12.7. The molecule has 0 aliphatic rings. The monoisotopic (exact) mass is 337 g/mol. The summed E-state index contributed by atoms with van der Waals surface area (Å²) in [5.41, 5.74) is 1.04. The Morgan fingerprint density at radius 1 is 1.35 bits per heavy atom. The molecule has 0 radical (unpaired) electrons. The van der Waals surface area contributed by atoms with Gasteiger partial charge in [-0.25, -0.2) is 0 Å². The average molecular weight is 338 g/mol. The molecule has 1 heterocycles. The highest BCUT2D eigenvalue weighted by Gasteiger charge is 2.11. The van der Waals surface area contributed by atoms with Gasteiger partial charge in [0.25, 0.3) is 5.91 Å². The molecule has 2 aromatic rings. The largest absolute Gasteiger partial charge is 0.482 e. The number of carbonyl (C=O) groups excluding carboxylic acids is 1. The number of alkyl halides is 1. The van der Waals surface area contributed by atoms with E-state index in [0.29, 0.717) is 17.5 Å². The number of amides is 1. The molecule has 0 fully saturated rings. The van der Waals surface area contributed by atoms with Crippen molar-refractivity contribution in [1.82, 2.24) is 5.32 Å². The van der Waals surface area contributed by atoms with Crippen molar-refractivity contribution < 1.29 is 13.9 Å². The molecular formula is C15H16BrNO3. The summed E-state index contributed by atoms with van der Waals surface area (Å²) in [6, 6.07) is 10.8. The summed E-state index contributed by atoms with van der Waals surface area (Å²) in [5.74, 6) is 1.48. The second-order valence-electron chi connectivity index (χ2n) is 4.44. The highest BCUT2D eigenvalue weighted by Crippen LogP contribution is 2.13. The van der Waals surface area contributed by atoms with E-state index in [1.54, 1.807) is 30.5 Å². The van der Waals surface area contributed by atoms with Gasteiger partial charge in [-0.05, 0) is 59.3 Å². The second-order valence-corrected chi connectivity index (χ2v) is 4.89. The Morgan fingerprint density at radius 3 is 2.70 bits per heavy atom. The second kappa shape index (κ2) is 7.14. The van der Waals surface area contributed by atoms with Crippen molar-refractivity contribution in [2.24, 2.45) is 0 Å². The minimum Gasteiger partial charge on any atom is -0.482 e. The van der Waals surface area contributed by atoms with Crippen molar-refractivity contribution in [3.8, 4) is 5.75 Å². The van der Waals surface area contributed by atoms with Crippen molar-refractivity contribution in [1.29, 1.82) is 0 Å². The van der Waals surface area contributed by atoms with Gasteiger partial charge in [-0.15, -0.1) is 0 Å². The molecule has 20 heavy (non-hydrogen) atoms. The Labute approximate surface area is 126 Å². The van der Waals surface area contributed by atoms with Gasteiger partial charge in [0.2, 0.25) is 0 Å². The molecule has 1 aromatic carbocycles. The molecule has 0 bridgehead atoms. The summed E-state index contributed by atoms with van der Waals surface area (Å²) < 4.78 is 10.5. The molecule has 1 amide bonds. The lowest BCUT2D eigenvalue weighted by atomic mass is 10.1. The first kappa shape index (κ1) is 14.7. The van der Waals surface area contributed by atoms with Crippen LogP contribution >= 0.6 is 15.9 Å². The Morgan fingerprint density at radius 2 is 2.10 bits per heavy atom. The van der Waals surface area contributed by atoms with Gasteiger partial charge in [0, 0.05) is 18.0 Å². The Bertz CT molecular complexity index is 537. The number of halogens is 1. The van der Waals surface area contributed by atoms with E-state index in [1.807, 2.05) is 19.1 Å². The smallest absolute Gasteiger partial charge is 0.251 e. The molecule has 1 unspecified atom stereocenters. The molecule has 0 saturated heterocycles. The standard InChI is InChI=1S/C15H16BrNO3/c1-11(9-14-3-2-8-19-14)17-15(18)12-4-6-13(7-5-12)20-10-16/h2-8,11H,9-10H2,1H3,(H,17,18). The third-order valence-electron chi connectivity index (χ3n) is 2.80. The number of rotatable bonds is 6. The highest BCUT2D eigenvalue weighted by molar-refractivity contribution is 9.09. The van der Waals surface area contributed by atoms with Crippen LogP contribution in [0.5, 0.6) is 5.75 Å². The number of nitrogens with one attached hydrogen (secondary N) is 1. The summed E-state index contributed by atoms with van der Waals surface area (Å²) in [6.07, 6.45) is 2.30. The fraction of sp³-hybridized carbons (Fsp3) is 0.267. The van der Waals surface area contributed by atoms with E-state index < -0.39 is 0 Å². The molecule has 5 heteroatoms. The van der Waals surface area contributed by atoms with E-state index in [1.165, 1.54) is 0 Å². The van der Waals surface area contributed by atoms with Crippen LogP contribution in [-0.4, -0.2) is 17.5 Å². The first-order valence-electron chi connectivity index (χ1n) is 6.31. The van der Waals surface area contributed by atoms with Crippen LogP contribution in [0.3, 0.4) is 0 Å². The molecule has 2 rings (SSSR count). The maximum absolute atomic E-state index is 12.1. The lowest BCUT2D eigenvalue weighted by Crippen LogP contribution is -2.33. The molecule has 0 aliphatic carbocycles. The quantitative estimate of drug-likeness (QED) is 0.822. The Hall–Kier alpha value is -1.75. The van der Waals surface area contributed by atoms with E-state index in [4.69, 9.17) is 9.15 Å². The van der Waals surface area contributed by atoms with Gasteiger partial charge in [-0.3, -0.25) is 4.79 Å². The molecule has 1 N–H and O–H groups in total. The van der Waals surface area contributed by atoms with Crippen molar-refractivity contribution in [3.05, 3.63) is 54.0 Å². The van der Waals surface area contributed by atoms with Crippen LogP contribution in [0.1, 0.15) is 23.0 Å². The van der Waals surface area contributed by atoms with E-state index in [2.05, 4.69) is 21.2 Å². The maximum Gasteiger partial charge on any atom is 0.251 e. The van der Waals surface area contributed by atoms with E-state index in [-0.39, 0.29) is 11.9 Å². The van der Waals surface area contributed by atoms with Crippen molar-refractivity contribution in [2.75, 3.05) is 5.52 Å². The predicted octanol–water partition coefficient (Wildman–Crippen LogP) is 3.37. The van der Waals surface area contributed by atoms with Gasteiger partial charge >= 0.3 is 0 Å². The predicted molar refractivity (Wildman–Crippen MR) is 80.2 cm³/mol. The third kappa shape index (κ3) is 4.13. The number of benzene rings is 1. The molecule has 1 aromatic heterocycles. The van der Waals surface area contributed by atoms with Crippen LogP contribution < -0.4 is 10.1 Å². The number of hydrogen-bond donors (Lipinski definition) is 1. The van der Waals surface area contributed by atoms with Gasteiger partial charge < -0.3 is 14.5 Å². The fourth-order valence-corrected chi connectivity index (χ4v) is 2.12. The van der Waals surface area contributed by atoms with E-state index >= 15 is 0 Å². The zero-order valence-electron chi connectivity index (χ0n) is 11.1. The van der Waals surface area contributed by atoms with Gasteiger partial charge in [-0.1, -0.05) is 0 Å². The van der Waals surface area contributed by atoms with Crippen molar-refractivity contribution in [3.63, 3.8) is 0 Å². The molecule has 0 aliphatic heterocycles. The van der Waals surface area contributed by atoms with E-state index in [0.717, 1.165) is 11.5 Å². The highest BCUT2D eigenvalue weighted by atomic mass is 79.9. The van der Waals surface area contributed by atoms with Crippen molar-refractivity contribution >= 4 is 21.8 Å². The van der Waals surface area contributed by atoms with Gasteiger partial charge in [0.1, 0.15) is 17.0 Å². The molecule has 4 nitrogen and oxygen atoms in total. The van der Waals surface area contributed by atoms with Crippen LogP contribution in [0.25, 0.3) is 0 Å². The maximum atomic E-state index is 12.1. The Balaban J connectivity index is 1.90. The number of ether oxygens (including phenoxy) is 1. The molecular weight excluding hydrogens is 322 g/mol. The summed E-state index contributed by atoms with van der Waals surface area (Å²) in [6.45, 7) is 1.95. The molecule has 0 saturated carbocycles. The first-order valence-corrected chi connectivity index (χ1v) is 7.43. The lowest BCUT2D eigenvalue weighted by Gasteiger charge is -2.12. The minimum atomic E-state index is -0.102. The average Bonchev–Trinajstić information content (AvgIpc) is 2.92. The number of hydrogen-bond acceptors (Lipinski definition) is 3. The fourth-order valence-electron chi connectivity index (χ4n) is 1.85. The van der Waals surface area contributed by atoms with Crippen LogP contribution in [0.2, 0.25) is 0 Å². The minimum absolute atomic E-state index is 0.00659. The molecule has 106 valence electrons. The SMILES string of the molecule is CC(Cc1ccco1)NC(=O)c1ccc(OCBr)cc1. The summed E-state index contributed by atoms with van der Waals surface area (Å²) in [7, 11) is 0. The number of furan rings is 1. The van der Waals surface area contributed by atoms with Gasteiger partial charge in [0.05, 0.1) is 6.26 Å². The van der Waals surface area contributed by atoms with Crippen LogP contribution in [-0.2, 0) is 6.42 Å². The van der Waals surface area contributed by atoms with Crippen LogP contribution in [0, 0.1) is 0 Å². The summed E-state index contributed by atoms with van der Waals surface area (Å²) >= 11 is 3.18. The van der Waals surface area contributed by atoms with Gasteiger partial charge in [-0.2, -0.15) is 0 Å². The molecule has 0 spiro atoms.